The minimum atomic E-state index is -0.0763. The summed E-state index contributed by atoms with van der Waals surface area (Å²) in [6, 6.07) is 0.706. The van der Waals surface area contributed by atoms with Crippen LogP contribution >= 0.6 is 0 Å². The quantitative estimate of drug-likeness (QED) is 0.107. The number of hydrogen-bond acceptors (Lipinski definition) is 5. The zero-order valence-electron chi connectivity index (χ0n) is 17.1. The van der Waals surface area contributed by atoms with E-state index in [0.717, 1.165) is 12.8 Å². The van der Waals surface area contributed by atoms with E-state index in [4.69, 9.17) is 0 Å². The Kier molecular flexibility index (Phi) is 18.1. The monoisotopic (exact) mass is 561 g/mol. The maximum atomic E-state index is 11.0. The van der Waals surface area contributed by atoms with E-state index in [9.17, 15) is 4.79 Å². The molecule has 0 bridgehead atoms. The molecule has 1 fully saturated rings. The predicted molar refractivity (Wildman–Crippen MR) is 107 cm³/mol. The van der Waals surface area contributed by atoms with E-state index in [1.54, 1.807) is 0 Å². The van der Waals surface area contributed by atoms with E-state index in [0.29, 0.717) is 38.7 Å². The number of unbranched alkanes of at least 4 members (excludes halogenated alkanes) is 7. The Morgan fingerprint density at radius 3 is 1.96 bits per heavy atom. The van der Waals surface area contributed by atoms with Crippen LogP contribution in [0.1, 0.15) is 84.0 Å². The summed E-state index contributed by atoms with van der Waals surface area (Å²) in [5, 5.41) is 0. The molecule has 1 aliphatic heterocycles. The first-order chi connectivity index (χ1) is 12.6. The van der Waals surface area contributed by atoms with E-state index < -0.39 is 0 Å². The van der Waals surface area contributed by atoms with Crippen molar-refractivity contribution in [3.8, 4) is 0 Å². The zero-order chi connectivity index (χ0) is 19.6. The normalized spacial score (nSPS) is 16.1. The molecule has 5 nitrogen and oxygen atoms in total. The summed E-state index contributed by atoms with van der Waals surface area (Å²) in [7, 11) is 2.96. The molecule has 1 saturated heterocycles. The molecule has 0 aromatic heterocycles. The Bertz CT molecular complexity index is 364. The summed E-state index contributed by atoms with van der Waals surface area (Å²) in [5.74, 6) is -0.0763. The molecule has 0 aromatic carbocycles. The molecule has 0 amide bonds. The van der Waals surface area contributed by atoms with Gasteiger partial charge in [-0.1, -0.05) is 45.1 Å². The topological polar surface area (TPSA) is 48.0 Å². The molecule has 1 heterocycles. The van der Waals surface area contributed by atoms with E-state index in [2.05, 4.69) is 30.9 Å². The van der Waals surface area contributed by atoms with Gasteiger partial charge in [-0.15, -0.1) is 0 Å². The number of carbonyl (C=O) groups is 1. The molecule has 0 saturated carbocycles. The molecular weight excluding hydrogens is 523 g/mol. The standard InChI is InChI=1S/C19H35NO2.CH4O2.Tl/c1-17(20-16-12-14-18(20)2)13-10-8-6-4-5-7-9-11-15-19(21)22-3;1-3-2;/h18H,1,4-16H2,2-3H3;2H,1H3;/q;;+1/p-1. The molecule has 0 N–H and O–H groups in total. The Morgan fingerprint density at radius 2 is 1.54 bits per heavy atom. The van der Waals surface area contributed by atoms with E-state index in [1.165, 1.54) is 84.2 Å². The molecule has 0 radical (unpaired) electrons. The minimum absolute atomic E-state index is 0.0763. The molecule has 1 unspecified atom stereocenters. The molecule has 1 rings (SSSR count). The van der Waals surface area contributed by atoms with E-state index in [-0.39, 0.29) is 5.97 Å². The molecule has 6 heteroatoms. The fraction of sp³-hybridized carbons (Fsp3) is 0.850. The van der Waals surface area contributed by atoms with Crippen LogP contribution in [0, 0.1) is 0 Å². The van der Waals surface area contributed by atoms with Crippen molar-refractivity contribution in [2.75, 3.05) is 20.8 Å². The van der Waals surface area contributed by atoms with Crippen LogP contribution in [0.25, 0.3) is 0 Å². The van der Waals surface area contributed by atoms with Crippen LogP contribution in [0.3, 0.4) is 0 Å². The van der Waals surface area contributed by atoms with Crippen molar-refractivity contribution in [1.82, 2.24) is 4.90 Å². The molecule has 0 aliphatic carbocycles. The van der Waals surface area contributed by atoms with Crippen LogP contribution in [-0.2, 0) is 17.3 Å². The van der Waals surface area contributed by atoms with Crippen molar-refractivity contribution in [3.63, 3.8) is 0 Å². The fourth-order valence-electron chi connectivity index (χ4n) is 3.31. The third-order valence-corrected chi connectivity index (χ3v) is 5.63. The number of carbonyl (C=O) groups excluding carboxylic acids is 1. The number of likely N-dealkylation sites (tertiary alicyclic amines) is 1. The van der Waals surface area contributed by atoms with Crippen LogP contribution in [0.15, 0.2) is 12.3 Å². The molecule has 1 aliphatic rings. The molecule has 0 spiro atoms. The molecule has 1 atom stereocenters. The van der Waals surface area contributed by atoms with Gasteiger partial charge in [-0.25, -0.2) is 0 Å². The Morgan fingerprint density at radius 1 is 1.04 bits per heavy atom. The van der Waals surface area contributed by atoms with Crippen molar-refractivity contribution >= 4 is 32.2 Å². The fourth-order valence-corrected chi connectivity index (χ4v) is 3.31. The average Bonchev–Trinajstić information content (AvgIpc) is 3.09. The summed E-state index contributed by atoms with van der Waals surface area (Å²) in [6.45, 7) is 7.80. The number of hydrogen-bond donors (Lipinski definition) is 0. The van der Waals surface area contributed by atoms with Gasteiger partial charge in [-0.2, -0.15) is 0 Å². The number of esters is 1. The van der Waals surface area contributed by atoms with Gasteiger partial charge in [-0.3, -0.25) is 4.79 Å². The SMILES string of the molecule is C=C(CCCCCCCCCCC(=O)OC)N1CCCC1C.CO[O][Tl]. The Hall–Kier alpha value is -0.148. The zero-order valence-corrected chi connectivity index (χ0v) is 21.6. The summed E-state index contributed by atoms with van der Waals surface area (Å²) in [6.07, 6.45) is 14.3. The van der Waals surface area contributed by atoms with E-state index >= 15 is 0 Å². The molecule has 0 aromatic rings. The summed E-state index contributed by atoms with van der Waals surface area (Å²) >= 11 is 0.509. The van der Waals surface area contributed by atoms with Crippen LogP contribution in [0.4, 0.5) is 0 Å². The van der Waals surface area contributed by atoms with Crippen molar-refractivity contribution in [1.29, 1.82) is 0 Å². The first kappa shape index (κ1) is 25.9. The van der Waals surface area contributed by atoms with Gasteiger partial charge in [0.2, 0.25) is 0 Å². The van der Waals surface area contributed by atoms with Gasteiger partial charge in [-0.05, 0) is 39.0 Å². The van der Waals surface area contributed by atoms with Gasteiger partial charge in [0, 0.05) is 24.7 Å². The van der Waals surface area contributed by atoms with Crippen LogP contribution in [-0.4, -0.2) is 63.9 Å². The third kappa shape index (κ3) is 14.0. The van der Waals surface area contributed by atoms with Crippen LogP contribution in [0.5, 0.6) is 0 Å². The number of ether oxygens (including phenoxy) is 1. The summed E-state index contributed by atoms with van der Waals surface area (Å²) in [5.41, 5.74) is 1.35. The number of allylic oxidation sites excluding steroid dienone is 1. The number of methoxy groups -OCH3 is 1. The van der Waals surface area contributed by atoms with Gasteiger partial charge in [0.1, 0.15) is 0 Å². The van der Waals surface area contributed by atoms with Gasteiger partial charge in [0.05, 0.1) is 7.11 Å². The Balaban J connectivity index is 0.00000141. The molecule has 26 heavy (non-hydrogen) atoms. The second-order valence-corrected chi connectivity index (χ2v) is 7.67. The van der Waals surface area contributed by atoms with Crippen molar-refractivity contribution < 1.29 is 17.3 Å². The van der Waals surface area contributed by atoms with Crippen molar-refractivity contribution in [2.45, 2.75) is 90.0 Å². The predicted octanol–water partition coefficient (Wildman–Crippen LogP) is 4.71. The van der Waals surface area contributed by atoms with Crippen LogP contribution < -0.4 is 0 Å². The summed E-state index contributed by atoms with van der Waals surface area (Å²) < 4.78 is 8.84. The molecule has 150 valence electrons. The molecular formula is C20H38NO4Tl. The Labute approximate surface area is 177 Å². The average molecular weight is 561 g/mol. The number of rotatable bonds is 13. The van der Waals surface area contributed by atoms with Crippen molar-refractivity contribution in [3.05, 3.63) is 12.3 Å². The first-order valence-corrected chi connectivity index (χ1v) is 11.8. The number of nitrogens with zero attached hydrogens (tertiary/aromatic N) is 1. The van der Waals surface area contributed by atoms with Gasteiger partial charge >= 0.3 is 47.0 Å². The second-order valence-electron chi connectivity index (χ2n) is 6.92. The van der Waals surface area contributed by atoms with Gasteiger partial charge < -0.3 is 9.64 Å². The second kappa shape index (κ2) is 18.2. The van der Waals surface area contributed by atoms with Gasteiger partial charge in [0.25, 0.3) is 0 Å². The third-order valence-electron chi connectivity index (χ3n) is 4.88. The van der Waals surface area contributed by atoms with Crippen LogP contribution in [0.2, 0.25) is 0 Å². The van der Waals surface area contributed by atoms with E-state index in [1.807, 2.05) is 0 Å². The van der Waals surface area contributed by atoms with Crippen molar-refractivity contribution in [2.24, 2.45) is 0 Å². The summed E-state index contributed by atoms with van der Waals surface area (Å²) in [4.78, 5) is 17.6. The maximum absolute atomic E-state index is 11.0. The van der Waals surface area contributed by atoms with Gasteiger partial charge in [0.15, 0.2) is 0 Å². The first-order valence-electron chi connectivity index (χ1n) is 9.97.